The standard InChI is InChI=1S/C14H14F6N2O.C11H13NO3/c1-6-7(11-8(15)2-3-9(16)12(11)17)4-10(21)13(23)22(6)5-14(18,19)20;1-8(13)12-10(11(14)15)7-9-5-3-2-4-6-9/h2-3,6-7,10H,4-5,21H2,1H3;2-6,10H,7H2,1H3,(H,12,13)(H,14,15)/t6-,7-,10+;/m1./s1. The number of rotatable bonds is 6. The van der Waals surface area contributed by atoms with E-state index < -0.39 is 71.7 Å². The molecule has 2 amide bonds. The van der Waals surface area contributed by atoms with Crippen LogP contribution in [0.4, 0.5) is 26.3 Å². The van der Waals surface area contributed by atoms with Crippen LogP contribution in [0.5, 0.6) is 0 Å². The number of amides is 2. The molecule has 0 radical (unpaired) electrons. The van der Waals surface area contributed by atoms with Crippen LogP contribution in [-0.4, -0.2) is 58.6 Å². The van der Waals surface area contributed by atoms with E-state index in [9.17, 15) is 40.7 Å². The van der Waals surface area contributed by atoms with Gasteiger partial charge in [0.2, 0.25) is 11.8 Å². The number of carboxylic acid groups (broad SMARTS) is 1. The second-order valence-electron chi connectivity index (χ2n) is 8.81. The van der Waals surface area contributed by atoms with Crippen molar-refractivity contribution in [3.05, 3.63) is 71.0 Å². The lowest BCUT2D eigenvalue weighted by atomic mass is 9.81. The number of nitrogens with two attached hydrogens (primary N) is 1. The molecule has 1 aliphatic heterocycles. The highest BCUT2D eigenvalue weighted by atomic mass is 19.4. The highest BCUT2D eigenvalue weighted by molar-refractivity contribution is 5.83. The van der Waals surface area contributed by atoms with E-state index in [0.29, 0.717) is 23.5 Å². The molecule has 1 saturated heterocycles. The Balaban J connectivity index is 0.000000293. The monoisotopic (exact) mass is 547 g/mol. The summed E-state index contributed by atoms with van der Waals surface area (Å²) in [6.07, 6.45) is -4.66. The number of alkyl halides is 3. The van der Waals surface area contributed by atoms with Crippen LogP contribution >= 0.6 is 0 Å². The van der Waals surface area contributed by atoms with Crippen molar-refractivity contribution >= 4 is 17.8 Å². The number of carbonyl (C=O) groups excluding carboxylic acids is 2. The third-order valence-electron chi connectivity index (χ3n) is 5.94. The first-order valence-corrected chi connectivity index (χ1v) is 11.4. The molecule has 4 N–H and O–H groups in total. The molecule has 1 aliphatic rings. The van der Waals surface area contributed by atoms with Crippen LogP contribution in [0.25, 0.3) is 0 Å². The third kappa shape index (κ3) is 8.20. The maximum Gasteiger partial charge on any atom is 0.406 e. The van der Waals surface area contributed by atoms with E-state index in [1.165, 1.54) is 13.8 Å². The second-order valence-corrected chi connectivity index (χ2v) is 8.81. The van der Waals surface area contributed by atoms with Crippen molar-refractivity contribution in [1.82, 2.24) is 10.2 Å². The number of piperidine rings is 1. The molecule has 0 aliphatic carbocycles. The predicted octanol–water partition coefficient (Wildman–Crippen LogP) is 3.52. The fraction of sp³-hybridized carbons (Fsp3) is 0.400. The summed E-state index contributed by atoms with van der Waals surface area (Å²) in [6, 6.07) is 7.08. The predicted molar refractivity (Wildman–Crippen MR) is 124 cm³/mol. The number of hydrogen-bond acceptors (Lipinski definition) is 4. The van der Waals surface area contributed by atoms with Crippen molar-refractivity contribution in [2.24, 2.45) is 5.73 Å². The molecular weight excluding hydrogens is 520 g/mol. The van der Waals surface area contributed by atoms with Gasteiger partial charge in [-0.2, -0.15) is 13.2 Å². The number of hydrogen-bond donors (Lipinski definition) is 3. The molecule has 1 heterocycles. The van der Waals surface area contributed by atoms with Crippen molar-refractivity contribution in [2.45, 2.75) is 56.9 Å². The van der Waals surface area contributed by atoms with Gasteiger partial charge in [-0.3, -0.25) is 9.59 Å². The summed E-state index contributed by atoms with van der Waals surface area (Å²) in [5.74, 6) is -7.37. The number of aliphatic carboxylic acids is 1. The number of carbonyl (C=O) groups is 3. The van der Waals surface area contributed by atoms with E-state index in [4.69, 9.17) is 10.8 Å². The van der Waals surface area contributed by atoms with Crippen LogP contribution in [-0.2, 0) is 20.8 Å². The van der Waals surface area contributed by atoms with Crippen LogP contribution in [0.3, 0.4) is 0 Å². The lowest BCUT2D eigenvalue weighted by Crippen LogP contribution is -2.57. The SMILES string of the molecule is CC(=O)NC(Cc1ccccc1)C(=O)O.C[C@@H]1[C@H](c2c(F)ccc(F)c2F)C[C@H](N)C(=O)N1CC(F)(F)F. The van der Waals surface area contributed by atoms with Gasteiger partial charge in [0, 0.05) is 30.9 Å². The first-order valence-electron chi connectivity index (χ1n) is 11.4. The molecule has 3 rings (SSSR count). The average molecular weight is 547 g/mol. The molecule has 0 aromatic heterocycles. The molecule has 1 fully saturated rings. The van der Waals surface area contributed by atoms with Crippen molar-refractivity contribution in [1.29, 1.82) is 0 Å². The quantitative estimate of drug-likeness (QED) is 0.379. The fourth-order valence-electron chi connectivity index (χ4n) is 4.15. The van der Waals surface area contributed by atoms with E-state index in [1.807, 2.05) is 30.3 Å². The number of likely N-dealkylation sites (tertiary alicyclic amines) is 1. The lowest BCUT2D eigenvalue weighted by molar-refractivity contribution is -0.170. The normalized spacial score (nSPS) is 20.3. The molecular formula is C25H27F6N3O4. The first kappa shape index (κ1) is 30.6. The van der Waals surface area contributed by atoms with Gasteiger partial charge in [0.25, 0.3) is 0 Å². The molecule has 2 aromatic rings. The van der Waals surface area contributed by atoms with Gasteiger partial charge < -0.3 is 21.1 Å². The Bertz CT molecular complexity index is 1150. The van der Waals surface area contributed by atoms with Crippen molar-refractivity contribution < 1.29 is 45.8 Å². The fourth-order valence-corrected chi connectivity index (χ4v) is 4.15. The van der Waals surface area contributed by atoms with Gasteiger partial charge in [-0.15, -0.1) is 0 Å². The number of carboxylic acids is 1. The topological polar surface area (TPSA) is 113 Å². The summed E-state index contributed by atoms with van der Waals surface area (Å²) in [5.41, 5.74) is 5.72. The minimum Gasteiger partial charge on any atom is -0.480 e. The Morgan fingerprint density at radius 1 is 1.11 bits per heavy atom. The second kappa shape index (κ2) is 12.8. The largest absolute Gasteiger partial charge is 0.480 e. The number of halogens is 6. The number of nitrogens with zero attached hydrogens (tertiary/aromatic N) is 1. The van der Waals surface area contributed by atoms with Crippen LogP contribution in [0.2, 0.25) is 0 Å². The summed E-state index contributed by atoms with van der Waals surface area (Å²) in [5, 5.41) is 11.3. The summed E-state index contributed by atoms with van der Waals surface area (Å²) in [7, 11) is 0. The lowest BCUT2D eigenvalue weighted by Gasteiger charge is -2.42. The van der Waals surface area contributed by atoms with Gasteiger partial charge in [-0.05, 0) is 31.0 Å². The molecule has 0 bridgehead atoms. The van der Waals surface area contributed by atoms with Crippen LogP contribution in [0.15, 0.2) is 42.5 Å². The summed E-state index contributed by atoms with van der Waals surface area (Å²) in [6.45, 7) is 0.945. The van der Waals surface area contributed by atoms with Gasteiger partial charge >= 0.3 is 12.1 Å². The Morgan fingerprint density at radius 3 is 2.21 bits per heavy atom. The summed E-state index contributed by atoms with van der Waals surface area (Å²) in [4.78, 5) is 33.9. The molecule has 0 spiro atoms. The zero-order valence-corrected chi connectivity index (χ0v) is 20.4. The van der Waals surface area contributed by atoms with Crippen molar-refractivity contribution in [3.8, 4) is 0 Å². The maximum absolute atomic E-state index is 13.9. The van der Waals surface area contributed by atoms with Crippen LogP contribution in [0.1, 0.15) is 37.3 Å². The molecule has 2 aromatic carbocycles. The molecule has 4 atom stereocenters. The van der Waals surface area contributed by atoms with E-state index in [0.717, 1.165) is 5.56 Å². The van der Waals surface area contributed by atoms with Crippen LogP contribution in [0, 0.1) is 17.5 Å². The third-order valence-corrected chi connectivity index (χ3v) is 5.94. The Kier molecular flexibility index (Phi) is 10.3. The molecule has 0 saturated carbocycles. The minimum absolute atomic E-state index is 0.272. The Labute approximate surface area is 214 Å². The highest BCUT2D eigenvalue weighted by Crippen LogP contribution is 2.37. The van der Waals surface area contributed by atoms with Gasteiger partial charge in [-0.25, -0.2) is 18.0 Å². The summed E-state index contributed by atoms with van der Waals surface area (Å²) >= 11 is 0. The van der Waals surface area contributed by atoms with E-state index >= 15 is 0 Å². The highest BCUT2D eigenvalue weighted by Gasteiger charge is 2.45. The minimum atomic E-state index is -4.69. The smallest absolute Gasteiger partial charge is 0.406 e. The maximum atomic E-state index is 13.9. The van der Waals surface area contributed by atoms with E-state index in [1.54, 1.807) is 0 Å². The first-order chi connectivity index (χ1) is 17.6. The van der Waals surface area contributed by atoms with Crippen LogP contribution < -0.4 is 11.1 Å². The Morgan fingerprint density at radius 2 is 1.68 bits per heavy atom. The van der Waals surface area contributed by atoms with E-state index in [-0.39, 0.29) is 12.3 Å². The Hall–Kier alpha value is -3.61. The van der Waals surface area contributed by atoms with Gasteiger partial charge in [0.15, 0.2) is 11.6 Å². The van der Waals surface area contributed by atoms with Crippen molar-refractivity contribution in [3.63, 3.8) is 0 Å². The average Bonchev–Trinajstić information content (AvgIpc) is 2.82. The molecule has 7 nitrogen and oxygen atoms in total. The van der Waals surface area contributed by atoms with Gasteiger partial charge in [-0.1, -0.05) is 30.3 Å². The number of nitrogens with one attached hydrogen (secondary N) is 1. The van der Waals surface area contributed by atoms with Gasteiger partial charge in [0.05, 0.1) is 6.04 Å². The molecule has 13 heteroatoms. The van der Waals surface area contributed by atoms with E-state index in [2.05, 4.69) is 5.32 Å². The zero-order chi connectivity index (χ0) is 28.8. The van der Waals surface area contributed by atoms with Gasteiger partial charge in [0.1, 0.15) is 18.4 Å². The summed E-state index contributed by atoms with van der Waals surface area (Å²) < 4.78 is 79.1. The number of benzene rings is 2. The molecule has 38 heavy (non-hydrogen) atoms. The molecule has 208 valence electrons. The molecule has 1 unspecified atom stereocenters. The van der Waals surface area contributed by atoms with Crippen molar-refractivity contribution in [2.75, 3.05) is 6.54 Å². The zero-order valence-electron chi connectivity index (χ0n) is 20.4.